The van der Waals surface area contributed by atoms with Crippen LogP contribution in [0.2, 0.25) is 0 Å². The Bertz CT molecular complexity index is 1500. The summed E-state index contributed by atoms with van der Waals surface area (Å²) in [6.07, 6.45) is 1.44. The van der Waals surface area contributed by atoms with Crippen LogP contribution < -0.4 is 10.3 Å². The van der Waals surface area contributed by atoms with E-state index in [1.165, 1.54) is 23.5 Å². The van der Waals surface area contributed by atoms with E-state index in [9.17, 15) is 9.90 Å². The Balaban J connectivity index is 1.48. The number of aryl methyl sites for hydroxylation is 1. The molecular weight excluding hydrogens is 532 g/mol. The van der Waals surface area contributed by atoms with E-state index in [4.69, 9.17) is 0 Å². The van der Waals surface area contributed by atoms with Crippen molar-refractivity contribution in [1.82, 2.24) is 20.2 Å². The van der Waals surface area contributed by atoms with Crippen LogP contribution in [-0.2, 0) is 10.2 Å². The highest BCUT2D eigenvalue weighted by atomic mass is 32.2. The van der Waals surface area contributed by atoms with Crippen molar-refractivity contribution in [3.8, 4) is 22.8 Å². The minimum atomic E-state index is -0.292. The highest BCUT2D eigenvalue weighted by molar-refractivity contribution is 7.99. The van der Waals surface area contributed by atoms with Gasteiger partial charge < -0.3 is 10.0 Å². The number of anilines is 1. The van der Waals surface area contributed by atoms with Crippen LogP contribution in [-0.4, -0.2) is 50.8 Å². The van der Waals surface area contributed by atoms with Gasteiger partial charge in [0.25, 0.3) is 5.91 Å². The van der Waals surface area contributed by atoms with Gasteiger partial charge in [-0.25, -0.2) is 5.43 Å². The number of phenolic OH excluding ortho intramolecular Hbond substituents is 1. The van der Waals surface area contributed by atoms with Crippen molar-refractivity contribution >= 4 is 29.6 Å². The lowest BCUT2D eigenvalue weighted by atomic mass is 9.87. The average Bonchev–Trinajstić information content (AvgIpc) is 3.37. The molecular formula is C32H38N6O2S. The van der Waals surface area contributed by atoms with E-state index in [-0.39, 0.29) is 22.8 Å². The maximum absolute atomic E-state index is 12.6. The van der Waals surface area contributed by atoms with Gasteiger partial charge in [-0.2, -0.15) is 5.10 Å². The smallest absolute Gasteiger partial charge is 0.250 e. The second-order valence-corrected chi connectivity index (χ2v) is 11.7. The van der Waals surface area contributed by atoms with E-state index in [1.807, 2.05) is 41.8 Å². The monoisotopic (exact) mass is 570 g/mol. The fourth-order valence-electron chi connectivity index (χ4n) is 4.36. The van der Waals surface area contributed by atoms with Crippen molar-refractivity contribution in [3.05, 3.63) is 83.4 Å². The first-order valence-corrected chi connectivity index (χ1v) is 14.7. The molecule has 9 heteroatoms. The molecule has 41 heavy (non-hydrogen) atoms. The number of hydrogen-bond donors (Lipinski definition) is 2. The molecule has 3 aromatic carbocycles. The number of benzene rings is 3. The molecule has 0 radical (unpaired) electrons. The molecule has 1 heterocycles. The third-order valence-corrected chi connectivity index (χ3v) is 7.73. The summed E-state index contributed by atoms with van der Waals surface area (Å²) < 4.78 is 1.97. The Morgan fingerprint density at radius 2 is 1.71 bits per heavy atom. The molecule has 0 aliphatic rings. The maximum Gasteiger partial charge on any atom is 0.250 e. The van der Waals surface area contributed by atoms with Crippen molar-refractivity contribution in [2.45, 2.75) is 52.1 Å². The van der Waals surface area contributed by atoms with Crippen molar-refractivity contribution in [1.29, 1.82) is 0 Å². The number of hydrazone groups is 1. The Hall–Kier alpha value is -4.11. The van der Waals surface area contributed by atoms with E-state index in [2.05, 4.69) is 84.5 Å². The molecule has 0 spiro atoms. The zero-order valence-electron chi connectivity index (χ0n) is 24.5. The van der Waals surface area contributed by atoms with Crippen LogP contribution in [0.25, 0.3) is 17.1 Å². The van der Waals surface area contributed by atoms with Gasteiger partial charge in [-0.05, 0) is 56.0 Å². The molecule has 0 saturated carbocycles. The lowest BCUT2D eigenvalue weighted by molar-refractivity contribution is -0.118. The number of carbonyl (C=O) groups is 1. The topological polar surface area (TPSA) is 95.6 Å². The normalized spacial score (nSPS) is 11.7. The fraction of sp³-hybridized carbons (Fsp3) is 0.312. The SMILES string of the molecule is CCN(CC)c1ccc(/C=N\NC(=O)CSc2nnc(-c3ccc(C(C)(C)C)cc3)n2-c2ccc(C)cc2)c(O)c1. The summed E-state index contributed by atoms with van der Waals surface area (Å²) in [4.78, 5) is 14.8. The zero-order valence-corrected chi connectivity index (χ0v) is 25.4. The summed E-state index contributed by atoms with van der Waals surface area (Å²) in [6, 6.07) is 21.9. The second kappa shape index (κ2) is 13.0. The zero-order chi connectivity index (χ0) is 29.6. The summed E-state index contributed by atoms with van der Waals surface area (Å²) in [5, 5.41) is 24.0. The van der Waals surface area contributed by atoms with Gasteiger partial charge in [0.15, 0.2) is 11.0 Å². The molecule has 0 fully saturated rings. The van der Waals surface area contributed by atoms with Crippen LogP contribution in [0, 0.1) is 6.92 Å². The summed E-state index contributed by atoms with van der Waals surface area (Å²) in [5.41, 5.74) is 8.30. The van der Waals surface area contributed by atoms with Crippen LogP contribution in [0.15, 0.2) is 77.0 Å². The van der Waals surface area contributed by atoms with Crippen molar-refractivity contribution < 1.29 is 9.90 Å². The van der Waals surface area contributed by atoms with E-state index >= 15 is 0 Å². The van der Waals surface area contributed by atoms with Crippen LogP contribution >= 0.6 is 11.8 Å². The number of nitrogens with one attached hydrogen (secondary N) is 1. The number of aromatic hydroxyl groups is 1. The van der Waals surface area contributed by atoms with Crippen LogP contribution in [0.3, 0.4) is 0 Å². The molecule has 2 N–H and O–H groups in total. The number of nitrogens with zero attached hydrogens (tertiary/aromatic N) is 5. The summed E-state index contributed by atoms with van der Waals surface area (Å²) in [7, 11) is 0. The number of phenols is 1. The number of rotatable bonds is 10. The molecule has 0 aliphatic carbocycles. The van der Waals surface area contributed by atoms with Gasteiger partial charge in [-0.15, -0.1) is 10.2 Å². The molecule has 0 atom stereocenters. The first-order chi connectivity index (χ1) is 19.6. The molecule has 4 aromatic rings. The van der Waals surface area contributed by atoms with Crippen LogP contribution in [0.4, 0.5) is 5.69 Å². The predicted molar refractivity (Wildman–Crippen MR) is 168 cm³/mol. The van der Waals surface area contributed by atoms with Crippen LogP contribution in [0.5, 0.6) is 5.75 Å². The fourth-order valence-corrected chi connectivity index (χ4v) is 5.10. The number of carbonyl (C=O) groups excluding carboxylic acids is 1. The van der Waals surface area contributed by atoms with Gasteiger partial charge in [0, 0.05) is 41.7 Å². The Kier molecular flexibility index (Phi) is 9.50. The molecule has 4 rings (SSSR count). The number of hydrogen-bond acceptors (Lipinski definition) is 7. The van der Waals surface area contributed by atoms with Crippen LogP contribution in [0.1, 0.15) is 51.3 Å². The minimum Gasteiger partial charge on any atom is -0.507 e. The van der Waals surface area contributed by atoms with Gasteiger partial charge in [-0.3, -0.25) is 9.36 Å². The third kappa shape index (κ3) is 7.35. The Morgan fingerprint density at radius 1 is 1.02 bits per heavy atom. The van der Waals surface area contributed by atoms with Gasteiger partial charge in [0.1, 0.15) is 5.75 Å². The van der Waals surface area contributed by atoms with E-state index in [0.717, 1.165) is 35.6 Å². The largest absolute Gasteiger partial charge is 0.507 e. The first kappa shape index (κ1) is 29.9. The predicted octanol–water partition coefficient (Wildman–Crippen LogP) is 6.33. The molecule has 0 aliphatic heterocycles. The van der Waals surface area contributed by atoms with Crippen molar-refractivity contribution in [2.24, 2.45) is 5.10 Å². The highest BCUT2D eigenvalue weighted by Gasteiger charge is 2.19. The summed E-state index contributed by atoms with van der Waals surface area (Å²) in [6.45, 7) is 14.4. The standard InChI is InChI=1S/C32H38N6O2S/c1-7-37(8-2)27-18-13-24(28(39)19-27)20-33-34-29(40)21-41-31-36-35-30(38(31)26-16-9-22(3)10-17-26)23-11-14-25(15-12-23)32(4,5)6/h9-20,39H,7-8,21H2,1-6H3,(H,34,40)/b33-20-. The van der Waals surface area contributed by atoms with Crippen molar-refractivity contribution in [2.75, 3.05) is 23.7 Å². The highest BCUT2D eigenvalue weighted by Crippen LogP contribution is 2.30. The molecule has 0 bridgehead atoms. The van der Waals surface area contributed by atoms with Gasteiger partial charge in [0.2, 0.25) is 0 Å². The molecule has 1 amide bonds. The van der Waals surface area contributed by atoms with Crippen molar-refractivity contribution in [3.63, 3.8) is 0 Å². The first-order valence-electron chi connectivity index (χ1n) is 13.8. The summed E-state index contributed by atoms with van der Waals surface area (Å²) in [5.74, 6) is 0.618. The second-order valence-electron chi connectivity index (χ2n) is 10.8. The minimum absolute atomic E-state index is 0.0491. The average molecular weight is 571 g/mol. The lowest BCUT2D eigenvalue weighted by Gasteiger charge is -2.21. The molecule has 1 aromatic heterocycles. The molecule has 8 nitrogen and oxygen atoms in total. The lowest BCUT2D eigenvalue weighted by Crippen LogP contribution is -2.21. The molecule has 214 valence electrons. The van der Waals surface area contributed by atoms with E-state index in [1.54, 1.807) is 12.1 Å². The number of amides is 1. The van der Waals surface area contributed by atoms with E-state index < -0.39 is 0 Å². The Morgan fingerprint density at radius 3 is 2.32 bits per heavy atom. The molecule has 0 saturated heterocycles. The van der Waals surface area contributed by atoms with E-state index in [0.29, 0.717) is 16.5 Å². The quantitative estimate of drug-likeness (QED) is 0.131. The number of thioether (sulfide) groups is 1. The molecule has 0 unspecified atom stereocenters. The van der Waals surface area contributed by atoms with Gasteiger partial charge >= 0.3 is 0 Å². The van der Waals surface area contributed by atoms with Gasteiger partial charge in [0.05, 0.1) is 12.0 Å². The maximum atomic E-state index is 12.6. The third-order valence-electron chi connectivity index (χ3n) is 6.80. The number of aromatic nitrogens is 3. The Labute approximate surface area is 246 Å². The van der Waals surface area contributed by atoms with Gasteiger partial charge in [-0.1, -0.05) is 74.5 Å². The summed E-state index contributed by atoms with van der Waals surface area (Å²) >= 11 is 1.29.